The number of benzene rings is 1. The SMILES string of the molecule is C[C@@H]1[C@H](C(=O)O)CCCN1C(=O)c1csc(-c2ccc(Cl)cc2)n1. The van der Waals surface area contributed by atoms with Gasteiger partial charge in [-0.2, -0.15) is 0 Å². The summed E-state index contributed by atoms with van der Waals surface area (Å²) in [4.78, 5) is 30.1. The number of carboxylic acid groups (broad SMARTS) is 1. The fourth-order valence-corrected chi connectivity index (χ4v) is 3.93. The molecule has 3 rings (SSSR count). The van der Waals surface area contributed by atoms with Crippen molar-refractivity contribution in [3.63, 3.8) is 0 Å². The normalized spacial score (nSPS) is 20.8. The zero-order valence-electron chi connectivity index (χ0n) is 13.1. The summed E-state index contributed by atoms with van der Waals surface area (Å²) in [6, 6.07) is 6.96. The molecular formula is C17H17ClN2O3S. The van der Waals surface area contributed by atoms with Crippen LogP contribution in [0, 0.1) is 5.92 Å². The second-order valence-electron chi connectivity index (χ2n) is 5.87. The third kappa shape index (κ3) is 3.30. The molecule has 7 heteroatoms. The number of likely N-dealkylation sites (tertiary alicyclic amines) is 1. The van der Waals surface area contributed by atoms with E-state index in [4.69, 9.17) is 11.6 Å². The van der Waals surface area contributed by atoms with Crippen LogP contribution < -0.4 is 0 Å². The first kappa shape index (κ1) is 16.9. The molecule has 0 spiro atoms. The number of nitrogens with zero attached hydrogens (tertiary/aromatic N) is 2. The van der Waals surface area contributed by atoms with Crippen molar-refractivity contribution in [3.05, 3.63) is 40.4 Å². The molecule has 1 fully saturated rings. The Bertz CT molecular complexity index is 759. The summed E-state index contributed by atoms with van der Waals surface area (Å²) in [7, 11) is 0. The minimum Gasteiger partial charge on any atom is -0.481 e. The fourth-order valence-electron chi connectivity index (χ4n) is 3.00. The van der Waals surface area contributed by atoms with Gasteiger partial charge in [0.2, 0.25) is 0 Å². The van der Waals surface area contributed by atoms with E-state index in [1.807, 2.05) is 12.1 Å². The minimum atomic E-state index is -0.847. The van der Waals surface area contributed by atoms with Gasteiger partial charge in [0.1, 0.15) is 10.7 Å². The first-order chi connectivity index (χ1) is 11.5. The summed E-state index contributed by atoms with van der Waals surface area (Å²) in [6.07, 6.45) is 1.30. The lowest BCUT2D eigenvalue weighted by molar-refractivity contribution is -0.144. The molecule has 2 aromatic rings. The number of thiazole rings is 1. The highest BCUT2D eigenvalue weighted by Crippen LogP contribution is 2.28. The van der Waals surface area contributed by atoms with Crippen LogP contribution in [0.4, 0.5) is 0 Å². The van der Waals surface area contributed by atoms with E-state index in [0.29, 0.717) is 30.1 Å². The highest BCUT2D eigenvalue weighted by atomic mass is 35.5. The Morgan fingerprint density at radius 3 is 2.71 bits per heavy atom. The molecule has 126 valence electrons. The molecule has 1 amide bonds. The summed E-state index contributed by atoms with van der Waals surface area (Å²) in [5.74, 6) is -1.57. The van der Waals surface area contributed by atoms with Crippen molar-refractivity contribution in [2.24, 2.45) is 5.92 Å². The number of carbonyl (C=O) groups is 2. The number of carbonyl (C=O) groups excluding carboxylic acids is 1. The number of aromatic nitrogens is 1. The van der Waals surface area contributed by atoms with Crippen molar-refractivity contribution in [2.75, 3.05) is 6.54 Å². The van der Waals surface area contributed by atoms with E-state index in [-0.39, 0.29) is 11.9 Å². The van der Waals surface area contributed by atoms with E-state index in [1.54, 1.807) is 29.3 Å². The largest absolute Gasteiger partial charge is 0.481 e. The predicted molar refractivity (Wildman–Crippen MR) is 93.4 cm³/mol. The van der Waals surface area contributed by atoms with Crippen LogP contribution in [0.15, 0.2) is 29.6 Å². The molecule has 2 atom stereocenters. The van der Waals surface area contributed by atoms with Gasteiger partial charge in [-0.15, -0.1) is 11.3 Å². The molecule has 1 aliphatic rings. The first-order valence-electron chi connectivity index (χ1n) is 7.72. The zero-order chi connectivity index (χ0) is 17.3. The maximum Gasteiger partial charge on any atom is 0.308 e. The van der Waals surface area contributed by atoms with Gasteiger partial charge in [-0.1, -0.05) is 23.7 Å². The van der Waals surface area contributed by atoms with E-state index >= 15 is 0 Å². The van der Waals surface area contributed by atoms with Gasteiger partial charge in [-0.3, -0.25) is 9.59 Å². The average Bonchev–Trinajstić information content (AvgIpc) is 3.05. The van der Waals surface area contributed by atoms with Gasteiger partial charge in [0.25, 0.3) is 5.91 Å². The Morgan fingerprint density at radius 1 is 1.33 bits per heavy atom. The van der Waals surface area contributed by atoms with Crippen LogP contribution in [0.1, 0.15) is 30.3 Å². The number of aliphatic carboxylic acids is 1. The van der Waals surface area contributed by atoms with Crippen LogP contribution in [0.3, 0.4) is 0 Å². The van der Waals surface area contributed by atoms with E-state index in [9.17, 15) is 14.7 Å². The average molecular weight is 365 g/mol. The molecule has 1 aliphatic heterocycles. The maximum atomic E-state index is 12.7. The van der Waals surface area contributed by atoms with Gasteiger partial charge in [-0.05, 0) is 31.9 Å². The Balaban J connectivity index is 1.80. The van der Waals surface area contributed by atoms with Gasteiger partial charge in [0.15, 0.2) is 0 Å². The Morgan fingerprint density at radius 2 is 2.04 bits per heavy atom. The molecule has 1 aromatic carbocycles. The molecule has 2 heterocycles. The molecule has 1 aromatic heterocycles. The quantitative estimate of drug-likeness (QED) is 0.899. The van der Waals surface area contributed by atoms with E-state index in [2.05, 4.69) is 4.98 Å². The number of hydrogen-bond acceptors (Lipinski definition) is 4. The highest BCUT2D eigenvalue weighted by Gasteiger charge is 2.36. The Labute approximate surface area is 148 Å². The van der Waals surface area contributed by atoms with E-state index in [0.717, 1.165) is 10.6 Å². The summed E-state index contributed by atoms with van der Waals surface area (Å²) in [6.45, 7) is 2.36. The number of carboxylic acids is 1. The number of hydrogen-bond donors (Lipinski definition) is 1. The van der Waals surface area contributed by atoms with Crippen molar-refractivity contribution >= 4 is 34.8 Å². The van der Waals surface area contributed by atoms with Crippen LogP contribution >= 0.6 is 22.9 Å². The number of rotatable bonds is 3. The van der Waals surface area contributed by atoms with Crippen molar-refractivity contribution in [2.45, 2.75) is 25.8 Å². The summed E-state index contributed by atoms with van der Waals surface area (Å²) in [5, 5.41) is 12.4. The minimum absolute atomic E-state index is 0.204. The van der Waals surface area contributed by atoms with Crippen LogP contribution in [-0.4, -0.2) is 39.5 Å². The third-order valence-electron chi connectivity index (χ3n) is 4.38. The van der Waals surface area contributed by atoms with E-state index in [1.165, 1.54) is 11.3 Å². The van der Waals surface area contributed by atoms with Crippen LogP contribution in [0.5, 0.6) is 0 Å². The molecule has 1 N–H and O–H groups in total. The van der Waals surface area contributed by atoms with Gasteiger partial charge in [-0.25, -0.2) is 4.98 Å². The number of piperidine rings is 1. The number of halogens is 1. The number of amides is 1. The topological polar surface area (TPSA) is 70.5 Å². The van der Waals surface area contributed by atoms with Gasteiger partial charge < -0.3 is 10.0 Å². The maximum absolute atomic E-state index is 12.7. The molecular weight excluding hydrogens is 348 g/mol. The monoisotopic (exact) mass is 364 g/mol. The molecule has 0 saturated carbocycles. The highest BCUT2D eigenvalue weighted by molar-refractivity contribution is 7.13. The fraction of sp³-hybridized carbons (Fsp3) is 0.353. The van der Waals surface area contributed by atoms with Crippen molar-refractivity contribution < 1.29 is 14.7 Å². The molecule has 0 aliphatic carbocycles. The van der Waals surface area contributed by atoms with Gasteiger partial charge in [0.05, 0.1) is 5.92 Å². The second-order valence-corrected chi connectivity index (χ2v) is 7.17. The smallest absolute Gasteiger partial charge is 0.308 e. The van der Waals surface area contributed by atoms with Crippen molar-refractivity contribution in [1.82, 2.24) is 9.88 Å². The molecule has 0 unspecified atom stereocenters. The molecule has 24 heavy (non-hydrogen) atoms. The van der Waals surface area contributed by atoms with Crippen LogP contribution in [0.25, 0.3) is 10.6 Å². The zero-order valence-corrected chi connectivity index (χ0v) is 14.7. The van der Waals surface area contributed by atoms with Crippen molar-refractivity contribution in [1.29, 1.82) is 0 Å². The first-order valence-corrected chi connectivity index (χ1v) is 8.98. The van der Waals surface area contributed by atoms with Crippen LogP contribution in [-0.2, 0) is 4.79 Å². The lowest BCUT2D eigenvalue weighted by Gasteiger charge is -2.37. The Kier molecular flexibility index (Phi) is 4.87. The second kappa shape index (κ2) is 6.91. The van der Waals surface area contributed by atoms with E-state index < -0.39 is 11.9 Å². The molecule has 5 nitrogen and oxygen atoms in total. The lowest BCUT2D eigenvalue weighted by Crippen LogP contribution is -2.49. The predicted octanol–water partition coefficient (Wildman–Crippen LogP) is 3.79. The standard InChI is InChI=1S/C17H17ClN2O3S/c1-10-13(17(22)23)3-2-8-20(10)16(21)14-9-24-15(19-14)11-4-6-12(18)7-5-11/h4-7,9-10,13H,2-3,8H2,1H3,(H,22,23)/t10-,13-/m1/s1. The molecule has 0 bridgehead atoms. The lowest BCUT2D eigenvalue weighted by atomic mass is 9.90. The summed E-state index contributed by atoms with van der Waals surface area (Å²) >= 11 is 7.28. The van der Waals surface area contributed by atoms with Crippen molar-refractivity contribution in [3.8, 4) is 10.6 Å². The molecule has 0 radical (unpaired) electrons. The molecule has 1 saturated heterocycles. The van der Waals surface area contributed by atoms with Gasteiger partial charge >= 0.3 is 5.97 Å². The Hall–Kier alpha value is -1.92. The third-order valence-corrected chi connectivity index (χ3v) is 5.52. The summed E-state index contributed by atoms with van der Waals surface area (Å²) in [5.41, 5.74) is 1.27. The van der Waals surface area contributed by atoms with Gasteiger partial charge in [0, 0.05) is 28.6 Å². The van der Waals surface area contributed by atoms with Crippen LogP contribution in [0.2, 0.25) is 5.02 Å². The summed E-state index contributed by atoms with van der Waals surface area (Å²) < 4.78 is 0.